The second kappa shape index (κ2) is 5.83. The molecule has 0 spiro atoms. The van der Waals surface area contributed by atoms with Crippen molar-refractivity contribution in [1.82, 2.24) is 0 Å². The van der Waals surface area contributed by atoms with Crippen molar-refractivity contribution in [1.29, 1.82) is 0 Å². The highest BCUT2D eigenvalue weighted by atomic mass is 31.2. The highest BCUT2D eigenvalue weighted by Gasteiger charge is 2.23. The molecule has 0 heterocycles. The van der Waals surface area contributed by atoms with Crippen LogP contribution in [0.5, 0.6) is 0 Å². The van der Waals surface area contributed by atoms with Gasteiger partial charge in [-0.1, -0.05) is 36.4 Å². The van der Waals surface area contributed by atoms with Crippen molar-refractivity contribution in [3.63, 3.8) is 0 Å². The Hall–Kier alpha value is -1.11. The van der Waals surface area contributed by atoms with Crippen LogP contribution in [0.25, 0.3) is 0 Å². The molecule has 0 N–H and O–H groups in total. The van der Waals surface area contributed by atoms with Gasteiger partial charge in [0.15, 0.2) is 0 Å². The third-order valence-corrected chi connectivity index (χ3v) is 4.41. The average Bonchev–Trinajstić information content (AvgIpc) is 2.28. The van der Waals surface area contributed by atoms with Gasteiger partial charge in [0.05, 0.1) is 6.61 Å². The highest BCUT2D eigenvalue weighted by Crippen LogP contribution is 2.45. The number of benzene rings is 1. The number of rotatable bonds is 6. The van der Waals surface area contributed by atoms with Gasteiger partial charge in [0.25, 0.3) is 0 Å². The van der Waals surface area contributed by atoms with Crippen LogP contribution >= 0.6 is 7.37 Å². The maximum atomic E-state index is 12.6. The SMILES string of the molecule is C=CCP(=O)(OCC(=C)C)c1ccccc1. The van der Waals surface area contributed by atoms with Crippen LogP contribution in [0.2, 0.25) is 0 Å². The standard InChI is InChI=1S/C13H17O2P/c1-4-10-16(14,15-11-12(2)3)13-8-6-5-7-9-13/h4-9H,1-2,10-11H2,3H3. The molecule has 1 rings (SSSR count). The summed E-state index contributed by atoms with van der Waals surface area (Å²) in [5.74, 6) is 0. The summed E-state index contributed by atoms with van der Waals surface area (Å²) in [7, 11) is -2.80. The normalized spacial score (nSPS) is 14.1. The molecular formula is C13H17O2P. The van der Waals surface area contributed by atoms with E-state index in [0.29, 0.717) is 12.8 Å². The zero-order valence-corrected chi connectivity index (χ0v) is 10.5. The molecule has 1 aromatic rings. The molecule has 0 bridgehead atoms. The number of hydrogen-bond acceptors (Lipinski definition) is 2. The largest absolute Gasteiger partial charge is 0.321 e. The molecule has 0 aromatic heterocycles. The molecule has 1 unspecified atom stereocenters. The minimum Gasteiger partial charge on any atom is -0.321 e. The summed E-state index contributed by atoms with van der Waals surface area (Å²) in [6, 6.07) is 9.25. The van der Waals surface area contributed by atoms with E-state index in [1.165, 1.54) is 0 Å². The van der Waals surface area contributed by atoms with Crippen LogP contribution in [-0.4, -0.2) is 12.8 Å². The van der Waals surface area contributed by atoms with E-state index in [9.17, 15) is 4.57 Å². The second-order valence-electron chi connectivity index (χ2n) is 3.71. The Balaban J connectivity index is 2.92. The first-order chi connectivity index (χ1) is 7.58. The Morgan fingerprint density at radius 3 is 2.56 bits per heavy atom. The van der Waals surface area contributed by atoms with Gasteiger partial charge in [0.1, 0.15) is 0 Å². The lowest BCUT2D eigenvalue weighted by Crippen LogP contribution is -2.10. The molecule has 3 heteroatoms. The van der Waals surface area contributed by atoms with Crippen LogP contribution in [0.1, 0.15) is 6.92 Å². The summed E-state index contributed by atoms with van der Waals surface area (Å²) < 4.78 is 18.1. The van der Waals surface area contributed by atoms with Crippen molar-refractivity contribution in [3.05, 3.63) is 55.1 Å². The lowest BCUT2D eigenvalue weighted by atomic mass is 10.4. The maximum absolute atomic E-state index is 12.6. The summed E-state index contributed by atoms with van der Waals surface area (Å²) in [4.78, 5) is 0. The van der Waals surface area contributed by atoms with Crippen molar-refractivity contribution in [2.75, 3.05) is 12.8 Å². The smallest absolute Gasteiger partial charge is 0.236 e. The first kappa shape index (κ1) is 13.0. The third-order valence-electron chi connectivity index (χ3n) is 2.04. The van der Waals surface area contributed by atoms with Gasteiger partial charge in [0, 0.05) is 11.5 Å². The molecule has 0 aliphatic carbocycles. The molecule has 0 aliphatic heterocycles. The molecule has 16 heavy (non-hydrogen) atoms. The van der Waals surface area contributed by atoms with Crippen molar-refractivity contribution in [3.8, 4) is 0 Å². The fourth-order valence-corrected chi connectivity index (χ4v) is 3.13. The molecule has 0 fully saturated rings. The number of allylic oxidation sites excluding steroid dienone is 1. The molecule has 0 saturated carbocycles. The van der Waals surface area contributed by atoms with Crippen molar-refractivity contribution in [2.24, 2.45) is 0 Å². The summed E-state index contributed by atoms with van der Waals surface area (Å²) in [6.07, 6.45) is 1.98. The van der Waals surface area contributed by atoms with Crippen molar-refractivity contribution >= 4 is 12.7 Å². The van der Waals surface area contributed by atoms with Gasteiger partial charge in [-0.25, -0.2) is 0 Å². The van der Waals surface area contributed by atoms with E-state index in [2.05, 4.69) is 13.2 Å². The molecule has 1 atom stereocenters. The Bertz CT molecular complexity index is 409. The van der Waals surface area contributed by atoms with E-state index in [1.54, 1.807) is 6.08 Å². The summed E-state index contributed by atoms with van der Waals surface area (Å²) in [5, 5.41) is 0.733. The van der Waals surface area contributed by atoms with E-state index in [1.807, 2.05) is 37.3 Å². The van der Waals surface area contributed by atoms with Crippen molar-refractivity contribution in [2.45, 2.75) is 6.92 Å². The monoisotopic (exact) mass is 236 g/mol. The summed E-state index contributed by atoms with van der Waals surface area (Å²) in [6.45, 7) is 9.53. The van der Waals surface area contributed by atoms with Crippen LogP contribution in [0.3, 0.4) is 0 Å². The Kier molecular flexibility index (Phi) is 4.72. The molecule has 86 valence electrons. The fourth-order valence-electron chi connectivity index (χ4n) is 1.27. The van der Waals surface area contributed by atoms with Gasteiger partial charge in [-0.2, -0.15) is 0 Å². The molecule has 1 aromatic carbocycles. The van der Waals surface area contributed by atoms with Gasteiger partial charge < -0.3 is 4.52 Å². The highest BCUT2D eigenvalue weighted by molar-refractivity contribution is 7.67. The molecule has 0 aliphatic rings. The third kappa shape index (κ3) is 3.48. The van der Waals surface area contributed by atoms with Gasteiger partial charge >= 0.3 is 0 Å². The maximum Gasteiger partial charge on any atom is 0.236 e. The number of hydrogen-bond donors (Lipinski definition) is 0. The molecule has 0 amide bonds. The molecule has 2 nitrogen and oxygen atoms in total. The van der Waals surface area contributed by atoms with Crippen LogP contribution in [0.15, 0.2) is 55.1 Å². The average molecular weight is 236 g/mol. The molecule has 0 saturated heterocycles. The van der Waals surface area contributed by atoms with Crippen LogP contribution in [0, 0.1) is 0 Å². The zero-order valence-electron chi connectivity index (χ0n) is 9.56. The minimum atomic E-state index is -2.80. The topological polar surface area (TPSA) is 26.3 Å². The Labute approximate surface area is 97.1 Å². The van der Waals surface area contributed by atoms with Gasteiger partial charge in [-0.05, 0) is 19.1 Å². The predicted octanol–water partition coefficient (Wildman–Crippen LogP) is 3.37. The summed E-state index contributed by atoms with van der Waals surface area (Å²) >= 11 is 0. The zero-order chi connectivity index (χ0) is 12.0. The van der Waals surface area contributed by atoms with E-state index in [4.69, 9.17) is 4.52 Å². The van der Waals surface area contributed by atoms with E-state index in [0.717, 1.165) is 10.9 Å². The molecular weight excluding hydrogens is 219 g/mol. The fraction of sp³-hybridized carbons (Fsp3) is 0.231. The van der Waals surface area contributed by atoms with E-state index in [-0.39, 0.29) is 0 Å². The van der Waals surface area contributed by atoms with E-state index >= 15 is 0 Å². The van der Waals surface area contributed by atoms with Crippen molar-refractivity contribution < 1.29 is 9.09 Å². The van der Waals surface area contributed by atoms with Crippen LogP contribution in [-0.2, 0) is 9.09 Å². The lowest BCUT2D eigenvalue weighted by molar-refractivity contribution is 0.353. The Morgan fingerprint density at radius 2 is 2.06 bits per heavy atom. The van der Waals surface area contributed by atoms with Crippen LogP contribution in [0.4, 0.5) is 0 Å². The first-order valence-corrected chi connectivity index (χ1v) is 6.94. The first-order valence-electron chi connectivity index (χ1n) is 5.13. The Morgan fingerprint density at radius 1 is 1.44 bits per heavy atom. The van der Waals surface area contributed by atoms with Gasteiger partial charge in [-0.3, -0.25) is 4.57 Å². The van der Waals surface area contributed by atoms with Crippen LogP contribution < -0.4 is 5.30 Å². The predicted molar refractivity (Wildman–Crippen MR) is 69.5 cm³/mol. The quantitative estimate of drug-likeness (QED) is 0.559. The lowest BCUT2D eigenvalue weighted by Gasteiger charge is -2.17. The molecule has 0 radical (unpaired) electrons. The minimum absolute atomic E-state index is 0.319. The van der Waals surface area contributed by atoms with Gasteiger partial charge in [-0.15, -0.1) is 6.58 Å². The second-order valence-corrected chi connectivity index (χ2v) is 6.20. The summed E-state index contributed by atoms with van der Waals surface area (Å²) in [5.41, 5.74) is 0.861. The van der Waals surface area contributed by atoms with Gasteiger partial charge in [0.2, 0.25) is 7.37 Å². The van der Waals surface area contributed by atoms with E-state index < -0.39 is 7.37 Å².